The summed E-state index contributed by atoms with van der Waals surface area (Å²) in [6.45, 7) is 5.58. The first-order chi connectivity index (χ1) is 11.1. The van der Waals surface area contributed by atoms with Gasteiger partial charge in [0, 0.05) is 31.5 Å². The number of aryl methyl sites for hydroxylation is 1. The third kappa shape index (κ3) is 3.58. The van der Waals surface area contributed by atoms with Crippen LogP contribution in [0.4, 0.5) is 0 Å². The van der Waals surface area contributed by atoms with Crippen molar-refractivity contribution >= 4 is 5.91 Å². The summed E-state index contributed by atoms with van der Waals surface area (Å²) >= 11 is 0. The van der Waals surface area contributed by atoms with E-state index in [1.54, 1.807) is 6.20 Å². The van der Waals surface area contributed by atoms with E-state index in [0.717, 1.165) is 5.69 Å². The van der Waals surface area contributed by atoms with Gasteiger partial charge in [-0.2, -0.15) is 5.10 Å². The topological polar surface area (TPSA) is 97.1 Å². The Morgan fingerprint density at radius 1 is 1.48 bits per heavy atom. The van der Waals surface area contributed by atoms with E-state index in [1.807, 2.05) is 24.8 Å². The summed E-state index contributed by atoms with van der Waals surface area (Å²) < 4.78 is 11.0. The van der Waals surface area contributed by atoms with Crippen molar-refractivity contribution in [3.63, 3.8) is 0 Å². The van der Waals surface area contributed by atoms with Gasteiger partial charge in [-0.1, -0.05) is 13.8 Å². The highest BCUT2D eigenvalue weighted by Crippen LogP contribution is 2.23. The van der Waals surface area contributed by atoms with Gasteiger partial charge in [-0.3, -0.25) is 9.89 Å². The highest BCUT2D eigenvalue weighted by Gasteiger charge is 2.29. The van der Waals surface area contributed by atoms with Crippen LogP contribution in [-0.4, -0.2) is 51.0 Å². The number of nitrogens with one attached hydrogen (secondary N) is 1. The molecule has 1 saturated heterocycles. The fourth-order valence-electron chi connectivity index (χ4n) is 2.57. The first-order valence-corrected chi connectivity index (χ1v) is 7.84. The summed E-state index contributed by atoms with van der Waals surface area (Å²) in [6, 6.07) is 1.75. The molecule has 124 valence electrons. The molecule has 1 fully saturated rings. The Kier molecular flexibility index (Phi) is 4.71. The van der Waals surface area contributed by atoms with Crippen LogP contribution in [0.1, 0.15) is 49.7 Å². The number of ether oxygens (including phenoxy) is 1. The van der Waals surface area contributed by atoms with E-state index in [1.165, 1.54) is 0 Å². The zero-order valence-electron chi connectivity index (χ0n) is 13.4. The molecule has 1 N–H and O–H groups in total. The summed E-state index contributed by atoms with van der Waals surface area (Å²) in [5.41, 5.74) is 0.887. The smallest absolute Gasteiger partial charge is 0.223 e. The summed E-state index contributed by atoms with van der Waals surface area (Å²) in [5.74, 6) is 1.36. The Labute approximate surface area is 134 Å². The lowest BCUT2D eigenvalue weighted by Gasteiger charge is -2.35. The molecule has 1 amide bonds. The average Bonchev–Trinajstić information content (AvgIpc) is 3.24. The number of aromatic nitrogens is 4. The average molecular weight is 319 g/mol. The van der Waals surface area contributed by atoms with Crippen LogP contribution in [0.3, 0.4) is 0 Å². The zero-order valence-corrected chi connectivity index (χ0v) is 13.4. The molecular weight excluding hydrogens is 298 g/mol. The summed E-state index contributed by atoms with van der Waals surface area (Å²) in [5, 5.41) is 14.9. The Balaban J connectivity index is 1.61. The molecule has 0 spiro atoms. The van der Waals surface area contributed by atoms with Crippen LogP contribution in [0.5, 0.6) is 0 Å². The number of H-pyrrole nitrogens is 1. The van der Waals surface area contributed by atoms with Gasteiger partial charge in [-0.05, 0) is 6.07 Å². The van der Waals surface area contributed by atoms with Gasteiger partial charge < -0.3 is 14.1 Å². The van der Waals surface area contributed by atoms with Crippen LogP contribution < -0.4 is 0 Å². The lowest BCUT2D eigenvalue weighted by atomic mass is 10.1. The van der Waals surface area contributed by atoms with Gasteiger partial charge >= 0.3 is 0 Å². The second-order valence-corrected chi connectivity index (χ2v) is 5.88. The van der Waals surface area contributed by atoms with Gasteiger partial charge in [0.2, 0.25) is 17.7 Å². The number of hydrogen-bond donors (Lipinski definition) is 1. The lowest BCUT2D eigenvalue weighted by molar-refractivity contribution is -0.140. The SMILES string of the molecule is CC(C)c1nnc(CCC(=O)N2CCOC[C@H]2c2ccn[nH]2)o1. The van der Waals surface area contributed by atoms with Crippen LogP contribution in [0, 0.1) is 0 Å². The van der Waals surface area contributed by atoms with Gasteiger partial charge in [0.05, 0.1) is 24.9 Å². The highest BCUT2D eigenvalue weighted by atomic mass is 16.5. The van der Waals surface area contributed by atoms with E-state index in [4.69, 9.17) is 9.15 Å². The van der Waals surface area contributed by atoms with E-state index < -0.39 is 0 Å². The van der Waals surface area contributed by atoms with Crippen molar-refractivity contribution in [2.24, 2.45) is 0 Å². The van der Waals surface area contributed by atoms with E-state index in [-0.39, 0.29) is 17.9 Å². The van der Waals surface area contributed by atoms with E-state index in [9.17, 15) is 4.79 Å². The predicted octanol–water partition coefficient (Wildman–Crippen LogP) is 1.45. The number of aromatic amines is 1. The van der Waals surface area contributed by atoms with Gasteiger partial charge in [-0.25, -0.2) is 0 Å². The normalized spacial score (nSPS) is 18.6. The minimum absolute atomic E-state index is 0.0530. The van der Waals surface area contributed by atoms with Crippen LogP contribution >= 0.6 is 0 Å². The highest BCUT2D eigenvalue weighted by molar-refractivity contribution is 5.77. The van der Waals surface area contributed by atoms with Gasteiger partial charge in [0.25, 0.3) is 0 Å². The maximum Gasteiger partial charge on any atom is 0.223 e. The van der Waals surface area contributed by atoms with Crippen LogP contribution in [0.25, 0.3) is 0 Å². The molecule has 3 heterocycles. The maximum absolute atomic E-state index is 12.6. The molecule has 3 rings (SSSR count). The minimum atomic E-state index is -0.118. The molecular formula is C15H21N5O3. The molecule has 0 bridgehead atoms. The molecule has 0 aromatic carbocycles. The Hall–Kier alpha value is -2.22. The van der Waals surface area contributed by atoms with Crippen molar-refractivity contribution in [3.8, 4) is 0 Å². The molecule has 0 aliphatic carbocycles. The Morgan fingerprint density at radius 2 is 2.35 bits per heavy atom. The second-order valence-electron chi connectivity index (χ2n) is 5.88. The number of hydrogen-bond acceptors (Lipinski definition) is 6. The van der Waals surface area contributed by atoms with Crippen LogP contribution in [-0.2, 0) is 16.0 Å². The molecule has 2 aromatic heterocycles. The molecule has 1 aliphatic heterocycles. The van der Waals surface area contributed by atoms with Crippen molar-refractivity contribution in [1.82, 2.24) is 25.3 Å². The quantitative estimate of drug-likeness (QED) is 0.896. The summed E-state index contributed by atoms with van der Waals surface area (Å²) in [7, 11) is 0. The van der Waals surface area contributed by atoms with Crippen molar-refractivity contribution < 1.29 is 13.9 Å². The lowest BCUT2D eigenvalue weighted by Crippen LogP contribution is -2.43. The standard InChI is InChI=1S/C15H21N5O3/c1-10(2)15-19-18-13(23-15)3-4-14(21)20-7-8-22-9-12(20)11-5-6-16-17-11/h5-6,10,12H,3-4,7-9H2,1-2H3,(H,16,17)/t12-/m0/s1. The van der Waals surface area contributed by atoms with Gasteiger partial charge in [-0.15, -0.1) is 10.2 Å². The van der Waals surface area contributed by atoms with Gasteiger partial charge in [0.15, 0.2) is 0 Å². The van der Waals surface area contributed by atoms with Crippen molar-refractivity contribution in [2.75, 3.05) is 19.8 Å². The van der Waals surface area contributed by atoms with Crippen LogP contribution in [0.15, 0.2) is 16.7 Å². The zero-order chi connectivity index (χ0) is 16.2. The summed E-state index contributed by atoms with van der Waals surface area (Å²) in [4.78, 5) is 14.4. The minimum Gasteiger partial charge on any atom is -0.425 e. The number of rotatable bonds is 5. The molecule has 8 nitrogen and oxygen atoms in total. The largest absolute Gasteiger partial charge is 0.425 e. The maximum atomic E-state index is 12.6. The molecule has 8 heteroatoms. The monoisotopic (exact) mass is 319 g/mol. The molecule has 1 atom stereocenters. The second kappa shape index (κ2) is 6.91. The number of morpholine rings is 1. The number of nitrogens with zero attached hydrogens (tertiary/aromatic N) is 4. The van der Waals surface area contributed by atoms with E-state index in [2.05, 4.69) is 20.4 Å². The molecule has 0 radical (unpaired) electrons. The van der Waals surface area contributed by atoms with Gasteiger partial charge in [0.1, 0.15) is 0 Å². The van der Waals surface area contributed by atoms with Crippen molar-refractivity contribution in [2.45, 2.75) is 38.6 Å². The van der Waals surface area contributed by atoms with Crippen molar-refractivity contribution in [1.29, 1.82) is 0 Å². The Bertz CT molecular complexity index is 637. The molecule has 0 saturated carbocycles. The number of carbonyl (C=O) groups excluding carboxylic acids is 1. The fraction of sp³-hybridized carbons (Fsp3) is 0.600. The molecule has 23 heavy (non-hydrogen) atoms. The molecule has 0 unspecified atom stereocenters. The predicted molar refractivity (Wildman–Crippen MR) is 80.6 cm³/mol. The Morgan fingerprint density at radius 3 is 3.04 bits per heavy atom. The van der Waals surface area contributed by atoms with Crippen molar-refractivity contribution in [3.05, 3.63) is 29.7 Å². The molecule has 1 aliphatic rings. The van der Waals surface area contributed by atoms with Crippen LogP contribution in [0.2, 0.25) is 0 Å². The van der Waals surface area contributed by atoms with E-state index >= 15 is 0 Å². The number of carbonyl (C=O) groups is 1. The number of amides is 1. The first kappa shape index (κ1) is 15.7. The summed E-state index contributed by atoms with van der Waals surface area (Å²) in [6.07, 6.45) is 2.47. The van der Waals surface area contributed by atoms with E-state index in [0.29, 0.717) is 44.4 Å². The first-order valence-electron chi connectivity index (χ1n) is 7.84. The third-order valence-corrected chi connectivity index (χ3v) is 3.86. The fourth-order valence-corrected chi connectivity index (χ4v) is 2.57. The molecule has 2 aromatic rings. The third-order valence-electron chi connectivity index (χ3n) is 3.86.